The van der Waals surface area contributed by atoms with Crippen molar-refractivity contribution >= 4 is 5.91 Å². The van der Waals surface area contributed by atoms with Crippen molar-refractivity contribution in [3.05, 3.63) is 0 Å². The molecule has 0 spiro atoms. The summed E-state index contributed by atoms with van der Waals surface area (Å²) in [5, 5.41) is 11.6. The first kappa shape index (κ1) is 11.5. The number of aliphatic hydroxyl groups is 1. The van der Waals surface area contributed by atoms with Gasteiger partial charge in [-0.15, -0.1) is 0 Å². The average Bonchev–Trinajstić information content (AvgIpc) is 2.16. The van der Waals surface area contributed by atoms with Crippen LogP contribution in [0.2, 0.25) is 0 Å². The molecule has 1 heterocycles. The Kier molecular flexibility index (Phi) is 4.90. The van der Waals surface area contributed by atoms with Gasteiger partial charge >= 0.3 is 0 Å². The largest absolute Gasteiger partial charge is 0.392 e. The fourth-order valence-electron chi connectivity index (χ4n) is 1.51. The highest BCUT2D eigenvalue weighted by atomic mass is 16.5. The monoisotopic (exact) mass is 201 g/mol. The van der Waals surface area contributed by atoms with Crippen LogP contribution in [-0.4, -0.2) is 36.4 Å². The summed E-state index contributed by atoms with van der Waals surface area (Å²) in [6.07, 6.45) is 3.25. The van der Waals surface area contributed by atoms with Crippen LogP contribution in [0.1, 0.15) is 32.6 Å². The van der Waals surface area contributed by atoms with Crippen molar-refractivity contribution in [2.45, 2.75) is 44.8 Å². The number of amides is 1. The van der Waals surface area contributed by atoms with E-state index in [9.17, 15) is 4.79 Å². The molecule has 0 aromatic rings. The van der Waals surface area contributed by atoms with Gasteiger partial charge in [0.2, 0.25) is 5.91 Å². The van der Waals surface area contributed by atoms with E-state index in [1.807, 2.05) is 0 Å². The van der Waals surface area contributed by atoms with Crippen molar-refractivity contribution < 1.29 is 14.6 Å². The zero-order valence-corrected chi connectivity index (χ0v) is 8.66. The molecule has 14 heavy (non-hydrogen) atoms. The first-order valence-corrected chi connectivity index (χ1v) is 5.25. The van der Waals surface area contributed by atoms with Crippen molar-refractivity contribution in [1.82, 2.24) is 5.32 Å². The molecule has 1 unspecified atom stereocenters. The highest BCUT2D eigenvalue weighted by Gasteiger charge is 2.17. The van der Waals surface area contributed by atoms with Gasteiger partial charge in [0.05, 0.1) is 18.6 Å². The lowest BCUT2D eigenvalue weighted by Gasteiger charge is -2.22. The third-order valence-electron chi connectivity index (χ3n) is 2.28. The van der Waals surface area contributed by atoms with E-state index in [-0.39, 0.29) is 12.0 Å². The van der Waals surface area contributed by atoms with Crippen LogP contribution in [0.25, 0.3) is 0 Å². The second-order valence-corrected chi connectivity index (χ2v) is 3.85. The van der Waals surface area contributed by atoms with E-state index in [1.54, 1.807) is 6.92 Å². The number of carbonyl (C=O) groups excluding carboxylic acids is 1. The first-order valence-electron chi connectivity index (χ1n) is 5.25. The lowest BCUT2D eigenvalue weighted by Crippen LogP contribution is -2.34. The van der Waals surface area contributed by atoms with Gasteiger partial charge in [-0.1, -0.05) is 0 Å². The zero-order valence-electron chi connectivity index (χ0n) is 8.66. The predicted octanol–water partition coefficient (Wildman–Crippen LogP) is 0.443. The summed E-state index contributed by atoms with van der Waals surface area (Å²) in [5.74, 6) is -0.0298. The van der Waals surface area contributed by atoms with Crippen molar-refractivity contribution in [1.29, 1.82) is 0 Å². The molecule has 1 aliphatic heterocycles. The summed E-state index contributed by atoms with van der Waals surface area (Å²) in [4.78, 5) is 11.3. The molecule has 1 rings (SSSR count). The molecular weight excluding hydrogens is 182 g/mol. The minimum absolute atomic E-state index is 0.0298. The minimum Gasteiger partial charge on any atom is -0.392 e. The summed E-state index contributed by atoms with van der Waals surface area (Å²) in [6, 6.07) is 0. The van der Waals surface area contributed by atoms with Gasteiger partial charge < -0.3 is 15.2 Å². The van der Waals surface area contributed by atoms with Crippen LogP contribution in [-0.2, 0) is 9.53 Å². The zero-order chi connectivity index (χ0) is 10.4. The molecule has 4 heteroatoms. The number of ether oxygens (including phenoxy) is 1. The van der Waals surface area contributed by atoms with E-state index in [0.29, 0.717) is 13.0 Å². The maximum Gasteiger partial charge on any atom is 0.222 e. The number of carbonyl (C=O) groups is 1. The maximum atomic E-state index is 11.3. The topological polar surface area (TPSA) is 58.6 Å². The Morgan fingerprint density at radius 3 is 3.00 bits per heavy atom. The van der Waals surface area contributed by atoms with E-state index in [4.69, 9.17) is 9.84 Å². The Bertz CT molecular complexity index is 176. The van der Waals surface area contributed by atoms with Gasteiger partial charge in [0.1, 0.15) is 0 Å². The fourth-order valence-corrected chi connectivity index (χ4v) is 1.51. The molecule has 0 saturated carbocycles. The van der Waals surface area contributed by atoms with Crippen LogP contribution in [0.5, 0.6) is 0 Å². The van der Waals surface area contributed by atoms with E-state index >= 15 is 0 Å². The minimum atomic E-state index is -0.480. The van der Waals surface area contributed by atoms with E-state index in [1.165, 1.54) is 0 Å². The molecule has 0 bridgehead atoms. The average molecular weight is 201 g/mol. The Hall–Kier alpha value is -0.610. The highest BCUT2D eigenvalue weighted by Crippen LogP contribution is 2.15. The SMILES string of the molecule is C[C@H](O)CNC(=O)CC1CCCCO1. The molecule has 1 saturated heterocycles. The van der Waals surface area contributed by atoms with Gasteiger partial charge in [-0.05, 0) is 26.2 Å². The molecule has 82 valence electrons. The molecule has 2 atom stereocenters. The second-order valence-electron chi connectivity index (χ2n) is 3.85. The number of rotatable bonds is 4. The molecule has 4 nitrogen and oxygen atoms in total. The molecule has 0 aromatic carbocycles. The highest BCUT2D eigenvalue weighted by molar-refractivity contribution is 5.76. The van der Waals surface area contributed by atoms with Gasteiger partial charge in [-0.3, -0.25) is 4.79 Å². The van der Waals surface area contributed by atoms with Crippen molar-refractivity contribution in [3.8, 4) is 0 Å². The van der Waals surface area contributed by atoms with Crippen LogP contribution in [0.4, 0.5) is 0 Å². The second kappa shape index (κ2) is 5.98. The van der Waals surface area contributed by atoms with Gasteiger partial charge in [0, 0.05) is 13.2 Å². The van der Waals surface area contributed by atoms with Crippen LogP contribution >= 0.6 is 0 Å². The summed E-state index contributed by atoms with van der Waals surface area (Å²) >= 11 is 0. The van der Waals surface area contributed by atoms with Crippen LogP contribution in [0.3, 0.4) is 0 Å². The Balaban J connectivity index is 2.12. The molecule has 1 amide bonds. The molecular formula is C10H19NO3. The fraction of sp³-hybridized carbons (Fsp3) is 0.900. The molecule has 0 aromatic heterocycles. The van der Waals surface area contributed by atoms with Gasteiger partial charge in [-0.25, -0.2) is 0 Å². The van der Waals surface area contributed by atoms with Crippen LogP contribution in [0, 0.1) is 0 Å². The molecule has 0 aliphatic carbocycles. The van der Waals surface area contributed by atoms with Crippen LogP contribution < -0.4 is 5.32 Å². The number of aliphatic hydroxyl groups excluding tert-OH is 1. The summed E-state index contributed by atoms with van der Waals surface area (Å²) in [5.41, 5.74) is 0. The maximum absolute atomic E-state index is 11.3. The normalized spacial score (nSPS) is 24.3. The van der Waals surface area contributed by atoms with Gasteiger partial charge in [0.15, 0.2) is 0 Å². The Morgan fingerprint density at radius 1 is 1.64 bits per heavy atom. The van der Waals surface area contributed by atoms with E-state index < -0.39 is 6.10 Å². The lowest BCUT2D eigenvalue weighted by atomic mass is 10.1. The number of nitrogens with one attached hydrogen (secondary N) is 1. The quantitative estimate of drug-likeness (QED) is 0.694. The first-order chi connectivity index (χ1) is 6.68. The van der Waals surface area contributed by atoms with Gasteiger partial charge in [-0.2, -0.15) is 0 Å². The molecule has 1 fully saturated rings. The third-order valence-corrected chi connectivity index (χ3v) is 2.28. The number of hydrogen-bond acceptors (Lipinski definition) is 3. The summed E-state index contributed by atoms with van der Waals surface area (Å²) in [7, 11) is 0. The smallest absolute Gasteiger partial charge is 0.222 e. The molecule has 2 N–H and O–H groups in total. The third kappa shape index (κ3) is 4.58. The van der Waals surface area contributed by atoms with Gasteiger partial charge in [0.25, 0.3) is 0 Å². The van der Waals surface area contributed by atoms with E-state index in [2.05, 4.69) is 5.32 Å². The van der Waals surface area contributed by atoms with Crippen molar-refractivity contribution in [2.75, 3.05) is 13.2 Å². The summed E-state index contributed by atoms with van der Waals surface area (Å²) in [6.45, 7) is 2.75. The van der Waals surface area contributed by atoms with Crippen molar-refractivity contribution in [3.63, 3.8) is 0 Å². The van der Waals surface area contributed by atoms with Crippen molar-refractivity contribution in [2.24, 2.45) is 0 Å². The van der Waals surface area contributed by atoms with Crippen LogP contribution in [0.15, 0.2) is 0 Å². The standard InChI is InChI=1S/C10H19NO3/c1-8(12)7-11-10(13)6-9-4-2-3-5-14-9/h8-9,12H,2-7H2,1H3,(H,11,13)/t8-,9?/m0/s1. The Morgan fingerprint density at radius 2 is 2.43 bits per heavy atom. The van der Waals surface area contributed by atoms with E-state index in [0.717, 1.165) is 25.9 Å². The lowest BCUT2D eigenvalue weighted by molar-refractivity contribution is -0.125. The molecule has 1 aliphatic rings. The number of hydrogen-bond donors (Lipinski definition) is 2. The molecule has 0 radical (unpaired) electrons. The predicted molar refractivity (Wildman–Crippen MR) is 52.9 cm³/mol. The summed E-state index contributed by atoms with van der Waals surface area (Å²) < 4.78 is 5.43. The Labute approximate surface area is 84.6 Å².